The molecule has 2 heterocycles. The van der Waals surface area contributed by atoms with Crippen molar-refractivity contribution in [2.45, 2.75) is 26.7 Å². The van der Waals surface area contributed by atoms with Gasteiger partial charge in [0.15, 0.2) is 11.6 Å². The van der Waals surface area contributed by atoms with Crippen molar-refractivity contribution in [3.63, 3.8) is 0 Å². The molecule has 0 amide bonds. The quantitative estimate of drug-likeness (QED) is 0.348. The van der Waals surface area contributed by atoms with Gasteiger partial charge in [-0.2, -0.15) is 0 Å². The molecule has 0 bridgehead atoms. The molecule has 30 heavy (non-hydrogen) atoms. The molecule has 0 spiro atoms. The minimum atomic E-state index is -0.486. The smallest absolute Gasteiger partial charge is 0.175 e. The van der Waals surface area contributed by atoms with Crippen LogP contribution in [-0.4, -0.2) is 37.3 Å². The van der Waals surface area contributed by atoms with Gasteiger partial charge in [-0.05, 0) is 25.0 Å². The number of fused-ring (bicyclic) bond motifs is 1. The average molecular weight is 450 g/mol. The molecule has 5 nitrogen and oxygen atoms in total. The second-order valence-corrected chi connectivity index (χ2v) is 7.89. The van der Waals surface area contributed by atoms with Gasteiger partial charge < -0.3 is 14.4 Å². The number of halogens is 2. The third kappa shape index (κ3) is 4.30. The Morgan fingerprint density at radius 2 is 1.73 bits per heavy atom. The number of hydrogen-bond donors (Lipinski definition) is 0. The number of methoxy groups -OCH3 is 2. The Morgan fingerprint density at radius 3 is 2.33 bits per heavy atom. The number of aromatic nitrogens is 2. The number of nitrogens with zero attached hydrogens (tertiary/aromatic N) is 3. The Hall–Kier alpha value is -2.17. The Morgan fingerprint density at radius 1 is 1.07 bits per heavy atom. The topological polar surface area (TPSA) is 47.5 Å². The summed E-state index contributed by atoms with van der Waals surface area (Å²) in [6, 6.07) is 5.17. The van der Waals surface area contributed by atoms with Gasteiger partial charge >= 0.3 is 0 Å². The van der Waals surface area contributed by atoms with Crippen molar-refractivity contribution in [3.8, 4) is 22.8 Å². The average Bonchev–Trinajstić information content (AvgIpc) is 2.73. The van der Waals surface area contributed by atoms with E-state index in [4.69, 9.17) is 26.1 Å². The van der Waals surface area contributed by atoms with Gasteiger partial charge in [-0.15, -0.1) is 9.24 Å². The normalized spacial score (nSPS) is 11.0. The van der Waals surface area contributed by atoms with Crippen molar-refractivity contribution in [3.05, 3.63) is 35.4 Å². The van der Waals surface area contributed by atoms with Crippen LogP contribution < -0.4 is 19.7 Å². The van der Waals surface area contributed by atoms with Gasteiger partial charge in [0.05, 0.1) is 25.5 Å². The number of hydrogen-bond acceptors (Lipinski definition) is 5. The SMILES string of the molecule is CCCN(CCC)c1nc(-c2c(F)c(OC)cc(OC)c2P)cc2cnc(Cl)cc12. The van der Waals surface area contributed by atoms with Crippen LogP contribution in [-0.2, 0) is 0 Å². The highest BCUT2D eigenvalue weighted by molar-refractivity contribution is 7.28. The second kappa shape index (κ2) is 9.76. The predicted octanol–water partition coefficient (Wildman–Crippen LogP) is 5.23. The molecule has 0 radical (unpaired) electrons. The molecule has 1 atom stereocenters. The molecule has 0 fully saturated rings. The highest BCUT2D eigenvalue weighted by Crippen LogP contribution is 2.36. The monoisotopic (exact) mass is 449 g/mol. The molecule has 1 unspecified atom stereocenters. The van der Waals surface area contributed by atoms with Gasteiger partial charge in [0.2, 0.25) is 0 Å². The minimum absolute atomic E-state index is 0.102. The molecule has 0 aliphatic carbocycles. The summed E-state index contributed by atoms with van der Waals surface area (Å²) in [6.45, 7) is 5.90. The molecule has 3 rings (SSSR count). The molecule has 0 N–H and O–H groups in total. The van der Waals surface area contributed by atoms with Crippen LogP contribution in [0.5, 0.6) is 11.5 Å². The van der Waals surface area contributed by atoms with E-state index in [0.717, 1.165) is 42.5 Å². The lowest BCUT2D eigenvalue weighted by Gasteiger charge is -2.25. The van der Waals surface area contributed by atoms with Crippen LogP contribution in [0.2, 0.25) is 5.15 Å². The molecule has 160 valence electrons. The highest BCUT2D eigenvalue weighted by Gasteiger charge is 2.22. The lowest BCUT2D eigenvalue weighted by Crippen LogP contribution is -2.26. The number of benzene rings is 1. The van der Waals surface area contributed by atoms with Crippen LogP contribution in [0, 0.1) is 5.82 Å². The van der Waals surface area contributed by atoms with Crippen LogP contribution in [0.1, 0.15) is 26.7 Å². The van der Waals surface area contributed by atoms with Crippen LogP contribution in [0.3, 0.4) is 0 Å². The van der Waals surface area contributed by atoms with Gasteiger partial charge in [0, 0.05) is 41.4 Å². The van der Waals surface area contributed by atoms with Gasteiger partial charge in [0.1, 0.15) is 16.7 Å². The molecule has 8 heteroatoms. The molecule has 2 aromatic heterocycles. The Kier molecular flexibility index (Phi) is 7.32. The lowest BCUT2D eigenvalue weighted by atomic mass is 10.1. The summed E-state index contributed by atoms with van der Waals surface area (Å²) in [5.41, 5.74) is 0.806. The zero-order chi connectivity index (χ0) is 21.8. The van der Waals surface area contributed by atoms with Gasteiger partial charge in [-0.1, -0.05) is 25.4 Å². The van der Waals surface area contributed by atoms with Crippen molar-refractivity contribution in [1.82, 2.24) is 9.97 Å². The van der Waals surface area contributed by atoms with Crippen molar-refractivity contribution >= 4 is 42.7 Å². The maximum atomic E-state index is 15.3. The molecule has 0 aliphatic rings. The third-order valence-corrected chi connectivity index (χ3v) is 5.66. The molecule has 0 aliphatic heterocycles. The maximum absolute atomic E-state index is 15.3. The van der Waals surface area contributed by atoms with E-state index < -0.39 is 5.82 Å². The maximum Gasteiger partial charge on any atom is 0.175 e. The fraction of sp³-hybridized carbons (Fsp3) is 0.364. The molecular formula is C22H26ClFN3O2P. The highest BCUT2D eigenvalue weighted by atomic mass is 35.5. The Bertz CT molecular complexity index is 1030. The molecule has 1 aromatic carbocycles. The van der Waals surface area contributed by atoms with E-state index in [1.165, 1.54) is 13.2 Å². The summed E-state index contributed by atoms with van der Waals surface area (Å²) in [5, 5.41) is 2.70. The largest absolute Gasteiger partial charge is 0.496 e. The summed E-state index contributed by atoms with van der Waals surface area (Å²) in [5.74, 6) is 0.885. The van der Waals surface area contributed by atoms with Crippen LogP contribution >= 0.6 is 20.8 Å². The number of anilines is 1. The van der Waals surface area contributed by atoms with Crippen molar-refractivity contribution < 1.29 is 13.9 Å². The second-order valence-electron chi connectivity index (χ2n) is 6.93. The first-order chi connectivity index (χ1) is 14.4. The van der Waals surface area contributed by atoms with E-state index in [0.29, 0.717) is 27.5 Å². The van der Waals surface area contributed by atoms with Crippen molar-refractivity contribution in [2.24, 2.45) is 0 Å². The van der Waals surface area contributed by atoms with Gasteiger partial charge in [0.25, 0.3) is 0 Å². The van der Waals surface area contributed by atoms with Crippen molar-refractivity contribution in [2.75, 3.05) is 32.2 Å². The number of ether oxygens (including phenoxy) is 2. The number of pyridine rings is 2. The molecule has 0 saturated heterocycles. The summed E-state index contributed by atoms with van der Waals surface area (Å²) in [6.07, 6.45) is 3.62. The zero-order valence-corrected chi connectivity index (χ0v) is 19.5. The van der Waals surface area contributed by atoms with E-state index in [1.807, 2.05) is 12.1 Å². The standard InChI is InChI=1S/C22H26ClFN3O2P/c1-5-7-27(8-6-2)22-14-10-18(23)25-12-13(14)9-15(26-22)19-20(24)16(28-3)11-17(29-4)21(19)30/h9-12H,5-8,30H2,1-4H3. The van der Waals surface area contributed by atoms with Crippen molar-refractivity contribution in [1.29, 1.82) is 0 Å². The lowest BCUT2D eigenvalue weighted by molar-refractivity contribution is 0.376. The van der Waals surface area contributed by atoms with E-state index in [2.05, 4.69) is 33.0 Å². The molecule has 3 aromatic rings. The fourth-order valence-corrected chi connectivity index (χ4v) is 4.16. The predicted molar refractivity (Wildman–Crippen MR) is 125 cm³/mol. The Labute approximate surface area is 183 Å². The Balaban J connectivity index is 2.35. The molecular weight excluding hydrogens is 424 g/mol. The first-order valence-corrected chi connectivity index (χ1v) is 10.8. The number of rotatable bonds is 8. The minimum Gasteiger partial charge on any atom is -0.496 e. The fourth-order valence-electron chi connectivity index (χ4n) is 3.53. The van der Waals surface area contributed by atoms with E-state index in [1.54, 1.807) is 13.3 Å². The van der Waals surface area contributed by atoms with Crippen LogP contribution in [0.15, 0.2) is 24.4 Å². The third-order valence-electron chi connectivity index (χ3n) is 4.88. The van der Waals surface area contributed by atoms with E-state index in [-0.39, 0.29) is 5.75 Å². The summed E-state index contributed by atoms with van der Waals surface area (Å²) in [4.78, 5) is 11.3. The summed E-state index contributed by atoms with van der Waals surface area (Å²) >= 11 is 6.18. The first kappa shape index (κ1) is 22.5. The summed E-state index contributed by atoms with van der Waals surface area (Å²) < 4.78 is 26.0. The van der Waals surface area contributed by atoms with E-state index in [9.17, 15) is 0 Å². The van der Waals surface area contributed by atoms with Crippen LogP contribution in [0.4, 0.5) is 10.2 Å². The summed E-state index contributed by atoms with van der Waals surface area (Å²) in [7, 11) is 5.53. The van der Waals surface area contributed by atoms with Gasteiger partial charge in [-0.25, -0.2) is 14.4 Å². The first-order valence-electron chi connectivity index (χ1n) is 9.86. The van der Waals surface area contributed by atoms with Gasteiger partial charge in [-0.3, -0.25) is 0 Å². The van der Waals surface area contributed by atoms with Crippen LogP contribution in [0.25, 0.3) is 22.0 Å². The van der Waals surface area contributed by atoms with E-state index >= 15 is 4.39 Å². The molecule has 0 saturated carbocycles. The zero-order valence-electron chi connectivity index (χ0n) is 17.6.